The standard InChI is InChI=1S/C29H33FN4O3/c1-29(28(36)31-23-9-4-3-5-10-23)19-34-26(17-25(32-34)21-12-15-24(37-2)16-13-21)27(35)33(29)18-20-7-6-8-22(30)14-11-20/h6-7,11-17,23H,3-5,8-10,18-19H2,1-2H3,(H,31,36). The van der Waals surface area contributed by atoms with Gasteiger partial charge in [-0.15, -0.1) is 0 Å². The number of benzene rings is 1. The van der Waals surface area contributed by atoms with Crippen molar-refractivity contribution in [1.29, 1.82) is 0 Å². The predicted molar refractivity (Wildman–Crippen MR) is 140 cm³/mol. The van der Waals surface area contributed by atoms with Crippen molar-refractivity contribution in [2.75, 3.05) is 13.7 Å². The number of hydrogen-bond acceptors (Lipinski definition) is 4. The first kappa shape index (κ1) is 25.0. The fourth-order valence-corrected chi connectivity index (χ4v) is 5.31. The lowest BCUT2D eigenvalue weighted by Gasteiger charge is -2.44. The average Bonchev–Trinajstić information content (AvgIpc) is 3.22. The fourth-order valence-electron chi connectivity index (χ4n) is 5.31. The molecule has 194 valence electrons. The van der Waals surface area contributed by atoms with Gasteiger partial charge in [0.15, 0.2) is 0 Å². The maximum Gasteiger partial charge on any atom is 0.273 e. The summed E-state index contributed by atoms with van der Waals surface area (Å²) in [5.74, 6) is 0.0380. The van der Waals surface area contributed by atoms with Gasteiger partial charge < -0.3 is 15.0 Å². The molecule has 37 heavy (non-hydrogen) atoms. The molecule has 1 unspecified atom stereocenters. The van der Waals surface area contributed by atoms with Gasteiger partial charge in [-0.3, -0.25) is 14.3 Å². The van der Waals surface area contributed by atoms with E-state index in [2.05, 4.69) is 5.32 Å². The molecule has 2 amide bonds. The monoisotopic (exact) mass is 504 g/mol. The molecule has 1 aromatic carbocycles. The van der Waals surface area contributed by atoms with Gasteiger partial charge in [-0.2, -0.15) is 5.10 Å². The van der Waals surface area contributed by atoms with Gasteiger partial charge in [0.05, 0.1) is 19.3 Å². The van der Waals surface area contributed by atoms with E-state index in [0.717, 1.165) is 42.6 Å². The maximum atomic E-state index is 13.9. The molecule has 1 N–H and O–H groups in total. The van der Waals surface area contributed by atoms with Crippen LogP contribution in [0, 0.1) is 0 Å². The molecule has 0 bridgehead atoms. The molecule has 0 saturated heterocycles. The van der Waals surface area contributed by atoms with Crippen LogP contribution in [0.15, 0.2) is 66.0 Å². The summed E-state index contributed by atoms with van der Waals surface area (Å²) in [5.41, 5.74) is 1.54. The molecule has 2 aromatic rings. The highest BCUT2D eigenvalue weighted by Gasteiger charge is 2.48. The summed E-state index contributed by atoms with van der Waals surface area (Å²) in [5, 5.41) is 7.94. The van der Waals surface area contributed by atoms with Crippen LogP contribution in [0.3, 0.4) is 0 Å². The molecule has 3 aliphatic rings. The number of halogens is 1. The van der Waals surface area contributed by atoms with E-state index in [4.69, 9.17) is 9.84 Å². The molecule has 2 heterocycles. The number of carbonyl (C=O) groups is 2. The minimum absolute atomic E-state index is 0.109. The Bertz CT molecular complexity index is 1270. The number of methoxy groups -OCH3 is 1. The molecule has 1 saturated carbocycles. The molecule has 8 heteroatoms. The summed E-state index contributed by atoms with van der Waals surface area (Å²) < 4.78 is 20.7. The molecule has 1 aromatic heterocycles. The van der Waals surface area contributed by atoms with Gasteiger partial charge in [0, 0.05) is 24.6 Å². The maximum absolute atomic E-state index is 13.9. The molecular formula is C29H33FN4O3. The van der Waals surface area contributed by atoms with E-state index >= 15 is 0 Å². The first-order chi connectivity index (χ1) is 17.9. The van der Waals surface area contributed by atoms with E-state index in [9.17, 15) is 14.0 Å². The number of carbonyl (C=O) groups excluding carboxylic acids is 2. The Morgan fingerprint density at radius 3 is 2.68 bits per heavy atom. The topological polar surface area (TPSA) is 76.5 Å². The Morgan fingerprint density at radius 2 is 1.95 bits per heavy atom. The highest BCUT2D eigenvalue weighted by Crippen LogP contribution is 2.32. The number of fused-ring (bicyclic) bond motifs is 1. The first-order valence-corrected chi connectivity index (χ1v) is 12.9. The number of ether oxygens (including phenoxy) is 1. The van der Waals surface area contributed by atoms with Crippen LogP contribution in [0.25, 0.3) is 11.3 Å². The van der Waals surface area contributed by atoms with Crippen molar-refractivity contribution < 1.29 is 18.7 Å². The number of allylic oxidation sites excluding steroid dienone is 4. The number of nitrogens with zero attached hydrogens (tertiary/aromatic N) is 3. The van der Waals surface area contributed by atoms with Crippen molar-refractivity contribution in [2.45, 2.75) is 63.6 Å². The Balaban J connectivity index is 1.49. The molecule has 1 atom stereocenters. The summed E-state index contributed by atoms with van der Waals surface area (Å²) in [6.07, 6.45) is 12.1. The second-order valence-corrected chi connectivity index (χ2v) is 10.2. The minimum atomic E-state index is -1.16. The lowest BCUT2D eigenvalue weighted by Crippen LogP contribution is -2.65. The van der Waals surface area contributed by atoms with Gasteiger partial charge in [0.2, 0.25) is 5.91 Å². The van der Waals surface area contributed by atoms with Gasteiger partial charge >= 0.3 is 0 Å². The van der Waals surface area contributed by atoms with Crippen LogP contribution in [0.2, 0.25) is 0 Å². The Kier molecular flexibility index (Phi) is 7.00. The van der Waals surface area contributed by atoms with Crippen LogP contribution in [0.5, 0.6) is 5.75 Å². The number of aromatic nitrogens is 2. The van der Waals surface area contributed by atoms with Crippen molar-refractivity contribution in [1.82, 2.24) is 20.0 Å². The zero-order valence-electron chi connectivity index (χ0n) is 21.4. The molecule has 0 radical (unpaired) electrons. The summed E-state index contributed by atoms with van der Waals surface area (Å²) in [4.78, 5) is 29.3. The third-order valence-electron chi connectivity index (χ3n) is 7.58. The number of rotatable bonds is 6. The van der Waals surface area contributed by atoms with Gasteiger partial charge in [0.25, 0.3) is 5.91 Å². The highest BCUT2D eigenvalue weighted by molar-refractivity contribution is 6.00. The summed E-state index contributed by atoms with van der Waals surface area (Å²) >= 11 is 0. The third kappa shape index (κ3) is 5.10. The second kappa shape index (κ2) is 10.4. The molecule has 7 nitrogen and oxygen atoms in total. The third-order valence-corrected chi connectivity index (χ3v) is 7.58. The van der Waals surface area contributed by atoms with E-state index in [0.29, 0.717) is 11.4 Å². The average molecular weight is 505 g/mol. The van der Waals surface area contributed by atoms with Crippen LogP contribution in [0.4, 0.5) is 4.39 Å². The first-order valence-electron chi connectivity index (χ1n) is 12.9. The fraction of sp³-hybridized carbons (Fsp3) is 0.414. The normalized spacial score (nSPS) is 22.1. The number of nitrogens with one attached hydrogen (secondary N) is 1. The Hall–Kier alpha value is -3.68. The van der Waals surface area contributed by atoms with Crippen LogP contribution in [-0.2, 0) is 11.3 Å². The predicted octanol–water partition coefficient (Wildman–Crippen LogP) is 4.96. The van der Waals surface area contributed by atoms with Crippen LogP contribution in [0.1, 0.15) is 55.9 Å². The van der Waals surface area contributed by atoms with E-state index < -0.39 is 5.54 Å². The molecular weight excluding hydrogens is 471 g/mol. The van der Waals surface area contributed by atoms with Crippen molar-refractivity contribution >= 4 is 11.8 Å². The quantitative estimate of drug-likeness (QED) is 0.603. The van der Waals surface area contributed by atoms with Gasteiger partial charge in [0.1, 0.15) is 22.8 Å². The molecule has 1 fully saturated rings. The summed E-state index contributed by atoms with van der Waals surface area (Å²) in [6.45, 7) is 2.22. The van der Waals surface area contributed by atoms with Gasteiger partial charge in [-0.1, -0.05) is 37.5 Å². The summed E-state index contributed by atoms with van der Waals surface area (Å²) in [6, 6.07) is 9.37. The SMILES string of the molecule is COc1ccc(-c2cc3n(n2)CC(C)(C(=O)NC2CCCCC2)N(CC2=CC=C(F)CC=C2)C3=O)cc1. The van der Waals surface area contributed by atoms with E-state index in [1.165, 1.54) is 12.5 Å². The van der Waals surface area contributed by atoms with Gasteiger partial charge in [-0.05, 0) is 61.7 Å². The summed E-state index contributed by atoms with van der Waals surface area (Å²) in [7, 11) is 1.61. The number of hydrogen-bond donors (Lipinski definition) is 1. The highest BCUT2D eigenvalue weighted by atomic mass is 19.1. The van der Waals surface area contributed by atoms with Gasteiger partial charge in [-0.25, -0.2) is 4.39 Å². The second-order valence-electron chi connectivity index (χ2n) is 10.2. The Labute approximate surface area is 216 Å². The van der Waals surface area contributed by atoms with Crippen LogP contribution in [-0.4, -0.2) is 51.7 Å². The zero-order valence-corrected chi connectivity index (χ0v) is 21.4. The van der Waals surface area contributed by atoms with Crippen LogP contribution >= 0.6 is 0 Å². The largest absolute Gasteiger partial charge is 0.497 e. The lowest BCUT2D eigenvalue weighted by atomic mass is 9.91. The molecule has 2 aliphatic carbocycles. The molecule has 5 rings (SSSR count). The van der Waals surface area contributed by atoms with Crippen LogP contribution < -0.4 is 10.1 Å². The van der Waals surface area contributed by atoms with Crippen molar-refractivity contribution in [3.8, 4) is 17.0 Å². The zero-order chi connectivity index (χ0) is 26.0. The minimum Gasteiger partial charge on any atom is -0.497 e. The van der Waals surface area contributed by atoms with E-state index in [1.54, 1.807) is 41.8 Å². The number of amides is 2. The smallest absolute Gasteiger partial charge is 0.273 e. The lowest BCUT2D eigenvalue weighted by molar-refractivity contribution is -0.133. The van der Waals surface area contributed by atoms with Crippen molar-refractivity contribution in [3.05, 3.63) is 71.7 Å². The Morgan fingerprint density at radius 1 is 1.19 bits per heavy atom. The van der Waals surface area contributed by atoms with Crippen molar-refractivity contribution in [2.24, 2.45) is 0 Å². The van der Waals surface area contributed by atoms with E-state index in [-0.39, 0.29) is 43.2 Å². The molecule has 1 aliphatic heterocycles. The van der Waals surface area contributed by atoms with Crippen molar-refractivity contribution in [3.63, 3.8) is 0 Å². The van der Waals surface area contributed by atoms with E-state index in [1.807, 2.05) is 30.3 Å². The molecule has 0 spiro atoms.